The highest BCUT2D eigenvalue weighted by atomic mass is 16.4. The minimum atomic E-state index is -0.967. The van der Waals surface area contributed by atoms with Gasteiger partial charge in [0.05, 0.1) is 24.0 Å². The van der Waals surface area contributed by atoms with Crippen molar-refractivity contribution in [2.45, 2.75) is 32.2 Å². The number of imidazole rings is 1. The second-order valence-electron chi connectivity index (χ2n) is 5.84. The molecule has 1 aliphatic rings. The van der Waals surface area contributed by atoms with Gasteiger partial charge in [0, 0.05) is 18.1 Å². The summed E-state index contributed by atoms with van der Waals surface area (Å²) in [5, 5.41) is 13.0. The van der Waals surface area contributed by atoms with Gasteiger partial charge in [-0.25, -0.2) is 9.78 Å². The number of hydrogen-bond acceptors (Lipinski definition) is 3. The molecule has 0 aliphatic heterocycles. The highest BCUT2D eigenvalue weighted by molar-refractivity contribution is 5.86. The van der Waals surface area contributed by atoms with Crippen LogP contribution in [0.2, 0.25) is 0 Å². The third-order valence-electron chi connectivity index (χ3n) is 4.20. The Bertz CT molecular complexity index is 874. The predicted octanol–water partition coefficient (Wildman–Crippen LogP) is 2.46. The van der Waals surface area contributed by atoms with Crippen molar-refractivity contribution in [1.29, 1.82) is 0 Å². The number of nitrogens with zero attached hydrogens (tertiary/aromatic N) is 4. The molecule has 1 fully saturated rings. The number of carboxylic acids is 1. The van der Waals surface area contributed by atoms with Crippen molar-refractivity contribution in [2.24, 2.45) is 0 Å². The predicted molar refractivity (Wildman–Crippen MR) is 80.2 cm³/mol. The number of carboxylic acid groups (broad SMARTS) is 1. The molecule has 6 nitrogen and oxygen atoms in total. The Morgan fingerprint density at radius 2 is 2.18 bits per heavy atom. The van der Waals surface area contributed by atoms with Crippen LogP contribution in [0.1, 0.15) is 46.1 Å². The second kappa shape index (κ2) is 4.69. The van der Waals surface area contributed by atoms with E-state index in [1.54, 1.807) is 4.68 Å². The molecule has 112 valence electrons. The van der Waals surface area contributed by atoms with Crippen molar-refractivity contribution in [3.05, 3.63) is 53.2 Å². The average molecular weight is 296 g/mol. The van der Waals surface area contributed by atoms with E-state index in [9.17, 15) is 4.79 Å². The molecule has 0 bridgehead atoms. The lowest BCUT2D eigenvalue weighted by atomic mass is 10.1. The fourth-order valence-corrected chi connectivity index (χ4v) is 2.88. The first-order valence-corrected chi connectivity index (χ1v) is 7.35. The third kappa shape index (κ3) is 2.16. The third-order valence-corrected chi connectivity index (χ3v) is 4.20. The minimum Gasteiger partial charge on any atom is -0.478 e. The molecule has 6 heteroatoms. The molecule has 1 aliphatic carbocycles. The maximum absolute atomic E-state index is 10.9. The van der Waals surface area contributed by atoms with Crippen molar-refractivity contribution in [2.75, 3.05) is 0 Å². The topological polar surface area (TPSA) is 72.4 Å². The van der Waals surface area contributed by atoms with Crippen LogP contribution in [0.25, 0.3) is 5.65 Å². The number of hydrogen-bond donors (Lipinski definition) is 1. The molecule has 1 N–H and O–H groups in total. The normalized spacial score (nSPS) is 14.6. The highest BCUT2D eigenvalue weighted by Gasteiger charge is 2.26. The largest absolute Gasteiger partial charge is 0.478 e. The van der Waals surface area contributed by atoms with Gasteiger partial charge in [-0.1, -0.05) is 6.07 Å². The summed E-state index contributed by atoms with van der Waals surface area (Å²) in [7, 11) is 0. The monoisotopic (exact) mass is 296 g/mol. The van der Waals surface area contributed by atoms with Crippen LogP contribution in [0, 0.1) is 6.92 Å². The quantitative estimate of drug-likeness (QED) is 0.802. The fraction of sp³-hybridized carbons (Fsp3) is 0.312. The number of rotatable bonds is 4. The van der Waals surface area contributed by atoms with Crippen molar-refractivity contribution in [3.8, 4) is 0 Å². The van der Waals surface area contributed by atoms with Crippen LogP contribution in [-0.4, -0.2) is 30.2 Å². The highest BCUT2D eigenvalue weighted by Crippen LogP contribution is 2.41. The summed E-state index contributed by atoms with van der Waals surface area (Å²) in [4.78, 5) is 15.5. The molecule has 22 heavy (non-hydrogen) atoms. The molecule has 0 unspecified atom stereocenters. The van der Waals surface area contributed by atoms with E-state index >= 15 is 0 Å². The zero-order valence-electron chi connectivity index (χ0n) is 12.2. The Morgan fingerprint density at radius 3 is 2.86 bits per heavy atom. The molecular weight excluding hydrogens is 280 g/mol. The van der Waals surface area contributed by atoms with Gasteiger partial charge in [-0.15, -0.1) is 0 Å². The van der Waals surface area contributed by atoms with E-state index < -0.39 is 5.97 Å². The van der Waals surface area contributed by atoms with E-state index in [1.807, 2.05) is 6.20 Å². The summed E-state index contributed by atoms with van der Waals surface area (Å²) in [5.41, 5.74) is 4.63. The summed E-state index contributed by atoms with van der Waals surface area (Å²) in [6.45, 7) is 2.59. The number of fused-ring (bicyclic) bond motifs is 1. The number of carbonyl (C=O) groups is 1. The first kappa shape index (κ1) is 13.1. The molecule has 4 rings (SSSR count). The Labute approximate surface area is 127 Å². The Hall–Kier alpha value is -2.63. The van der Waals surface area contributed by atoms with E-state index in [0.717, 1.165) is 11.3 Å². The first-order valence-electron chi connectivity index (χ1n) is 7.35. The lowest BCUT2D eigenvalue weighted by Gasteiger charge is -2.06. The first-order chi connectivity index (χ1) is 10.6. The Morgan fingerprint density at radius 1 is 1.36 bits per heavy atom. The molecule has 3 heterocycles. The lowest BCUT2D eigenvalue weighted by molar-refractivity contribution is 0.0697. The zero-order valence-corrected chi connectivity index (χ0v) is 12.2. The summed E-state index contributed by atoms with van der Waals surface area (Å²) in [6, 6.07) is 4.23. The molecule has 0 atom stereocenters. The zero-order chi connectivity index (χ0) is 15.3. The van der Waals surface area contributed by atoms with Gasteiger partial charge < -0.3 is 9.51 Å². The molecule has 0 amide bonds. The van der Waals surface area contributed by atoms with Crippen LogP contribution in [0.5, 0.6) is 0 Å². The molecule has 0 radical (unpaired) electrons. The van der Waals surface area contributed by atoms with Gasteiger partial charge in [0.15, 0.2) is 0 Å². The standard InChI is InChI=1S/C16H16N4O2/c1-10-14(11-2-3-11)4-5-15-18-13(9-20(10)15)8-19-7-12(6-17-19)16(21)22/h4-7,9,11H,2-3,8H2,1H3,(H,21,22). The van der Waals surface area contributed by atoms with E-state index in [1.165, 1.54) is 36.5 Å². The van der Waals surface area contributed by atoms with Crippen molar-refractivity contribution in [3.63, 3.8) is 0 Å². The van der Waals surface area contributed by atoms with Crippen LogP contribution in [0.4, 0.5) is 0 Å². The van der Waals surface area contributed by atoms with Gasteiger partial charge in [-0.3, -0.25) is 4.68 Å². The summed E-state index contributed by atoms with van der Waals surface area (Å²) in [5.74, 6) is -0.259. The molecule has 1 saturated carbocycles. The van der Waals surface area contributed by atoms with Gasteiger partial charge in [-0.2, -0.15) is 5.10 Å². The number of aromatic carboxylic acids is 1. The van der Waals surface area contributed by atoms with Crippen LogP contribution in [0.15, 0.2) is 30.7 Å². The maximum atomic E-state index is 10.9. The van der Waals surface area contributed by atoms with Crippen molar-refractivity contribution in [1.82, 2.24) is 19.2 Å². The van der Waals surface area contributed by atoms with Gasteiger partial charge in [0.2, 0.25) is 0 Å². The average Bonchev–Trinajstić information content (AvgIpc) is 3.06. The summed E-state index contributed by atoms with van der Waals surface area (Å²) in [6.07, 6.45) is 7.44. The van der Waals surface area contributed by atoms with E-state index in [4.69, 9.17) is 5.11 Å². The van der Waals surface area contributed by atoms with E-state index in [-0.39, 0.29) is 5.56 Å². The molecular formula is C16H16N4O2. The van der Waals surface area contributed by atoms with Crippen LogP contribution in [0.3, 0.4) is 0 Å². The number of aryl methyl sites for hydroxylation is 1. The van der Waals surface area contributed by atoms with Crippen LogP contribution < -0.4 is 0 Å². The molecule has 0 aromatic carbocycles. The molecule has 0 saturated heterocycles. The second-order valence-corrected chi connectivity index (χ2v) is 5.84. The minimum absolute atomic E-state index is 0.191. The number of pyridine rings is 1. The number of aromatic nitrogens is 4. The lowest BCUT2D eigenvalue weighted by Crippen LogP contribution is -2.00. The van der Waals surface area contributed by atoms with Gasteiger partial charge in [-0.05, 0) is 37.3 Å². The SMILES string of the molecule is Cc1c(C2CC2)ccc2nc(Cn3cc(C(=O)O)cn3)cn12. The smallest absolute Gasteiger partial charge is 0.338 e. The van der Waals surface area contributed by atoms with Crippen LogP contribution >= 0.6 is 0 Å². The summed E-state index contributed by atoms with van der Waals surface area (Å²) >= 11 is 0. The van der Waals surface area contributed by atoms with Gasteiger partial charge >= 0.3 is 5.97 Å². The molecule has 0 spiro atoms. The molecule has 3 aromatic heterocycles. The van der Waals surface area contributed by atoms with E-state index in [2.05, 4.69) is 33.5 Å². The molecule has 3 aromatic rings. The van der Waals surface area contributed by atoms with Gasteiger partial charge in [0.25, 0.3) is 0 Å². The fourth-order valence-electron chi connectivity index (χ4n) is 2.88. The van der Waals surface area contributed by atoms with Crippen molar-refractivity contribution < 1.29 is 9.90 Å². The van der Waals surface area contributed by atoms with Crippen molar-refractivity contribution >= 4 is 11.6 Å². The summed E-state index contributed by atoms with van der Waals surface area (Å²) < 4.78 is 3.72. The van der Waals surface area contributed by atoms with Gasteiger partial charge in [0.1, 0.15) is 5.65 Å². The maximum Gasteiger partial charge on any atom is 0.338 e. The Balaban J connectivity index is 1.67. The van der Waals surface area contributed by atoms with Crippen LogP contribution in [-0.2, 0) is 6.54 Å². The Kier molecular flexibility index (Phi) is 2.79. The van der Waals surface area contributed by atoms with E-state index in [0.29, 0.717) is 12.5 Å².